The van der Waals surface area contributed by atoms with Crippen LogP contribution in [0.3, 0.4) is 0 Å². The Labute approximate surface area is 85.6 Å². The van der Waals surface area contributed by atoms with E-state index < -0.39 is 0 Å². The molecule has 0 atom stereocenters. The minimum Gasteiger partial charge on any atom is -0.372 e. The summed E-state index contributed by atoms with van der Waals surface area (Å²) in [5.74, 6) is 0.482. The van der Waals surface area contributed by atoms with Gasteiger partial charge >= 0.3 is 0 Å². The first-order chi connectivity index (χ1) is 6.66. The van der Waals surface area contributed by atoms with Gasteiger partial charge in [-0.3, -0.25) is 0 Å². The van der Waals surface area contributed by atoms with E-state index in [1.54, 1.807) is 0 Å². The molecule has 0 radical (unpaired) electrons. The number of rotatable bonds is 3. The van der Waals surface area contributed by atoms with Crippen LogP contribution in [-0.4, -0.2) is 6.54 Å². The van der Waals surface area contributed by atoms with Crippen molar-refractivity contribution in [1.82, 2.24) is 0 Å². The fourth-order valence-electron chi connectivity index (χ4n) is 1.54. The topological polar surface area (TPSA) is 35.8 Å². The van der Waals surface area contributed by atoms with E-state index in [9.17, 15) is 0 Å². The maximum absolute atomic E-state index is 8.54. The molecule has 2 nitrogen and oxygen atoms in total. The van der Waals surface area contributed by atoms with E-state index in [1.807, 2.05) is 0 Å². The molecule has 74 valence electrons. The molecule has 1 aromatic carbocycles. The van der Waals surface area contributed by atoms with Crippen LogP contribution in [0.15, 0.2) is 18.2 Å². The van der Waals surface area contributed by atoms with Crippen LogP contribution in [0.4, 0.5) is 5.69 Å². The Kier molecular flexibility index (Phi) is 3.53. The van der Waals surface area contributed by atoms with Gasteiger partial charge in [-0.1, -0.05) is 32.0 Å². The number of nitriles is 1. The Morgan fingerprint density at radius 3 is 2.71 bits per heavy atom. The van der Waals surface area contributed by atoms with Crippen molar-refractivity contribution in [3.63, 3.8) is 0 Å². The predicted octanol–water partition coefficient (Wildman–Crippen LogP) is 3.05. The van der Waals surface area contributed by atoms with Crippen LogP contribution in [0.25, 0.3) is 0 Å². The van der Waals surface area contributed by atoms with Gasteiger partial charge in [0, 0.05) is 5.69 Å². The molecule has 0 aliphatic rings. The molecule has 0 saturated carbocycles. The van der Waals surface area contributed by atoms with Crippen LogP contribution in [0.1, 0.15) is 30.9 Å². The molecule has 0 unspecified atom stereocenters. The number of para-hydroxylation sites is 1. The summed E-state index contributed by atoms with van der Waals surface area (Å²) in [6.07, 6.45) is 0. The van der Waals surface area contributed by atoms with Gasteiger partial charge in [-0.25, -0.2) is 0 Å². The molecule has 1 rings (SSSR count). The largest absolute Gasteiger partial charge is 0.372 e. The summed E-state index contributed by atoms with van der Waals surface area (Å²) in [7, 11) is 0. The second kappa shape index (κ2) is 4.66. The van der Waals surface area contributed by atoms with Gasteiger partial charge in [-0.05, 0) is 24.0 Å². The Balaban J connectivity index is 3.04. The lowest BCUT2D eigenvalue weighted by Gasteiger charge is -2.15. The molecule has 2 heteroatoms. The summed E-state index contributed by atoms with van der Waals surface area (Å²) in [5.41, 5.74) is 3.59. The fraction of sp³-hybridized carbons (Fsp3) is 0.417. The highest BCUT2D eigenvalue weighted by Crippen LogP contribution is 2.26. The highest BCUT2D eigenvalue weighted by Gasteiger charge is 2.07. The Hall–Kier alpha value is -1.49. The Bertz CT molecular complexity index is 348. The molecule has 0 aliphatic carbocycles. The van der Waals surface area contributed by atoms with Crippen molar-refractivity contribution in [3.05, 3.63) is 29.3 Å². The van der Waals surface area contributed by atoms with Crippen molar-refractivity contribution < 1.29 is 0 Å². The standard InChI is InChI=1S/C12H16N2/c1-9(2)11-6-4-5-10(3)12(11)14-8-7-13/h4-6,9,14H,8H2,1-3H3. The number of hydrogen-bond acceptors (Lipinski definition) is 2. The van der Waals surface area contributed by atoms with E-state index in [-0.39, 0.29) is 0 Å². The van der Waals surface area contributed by atoms with E-state index in [0.29, 0.717) is 12.5 Å². The maximum atomic E-state index is 8.54. The highest BCUT2D eigenvalue weighted by molar-refractivity contribution is 5.58. The van der Waals surface area contributed by atoms with Crippen LogP contribution < -0.4 is 5.32 Å². The lowest BCUT2D eigenvalue weighted by atomic mass is 9.98. The lowest BCUT2D eigenvalue weighted by Crippen LogP contribution is -2.04. The Morgan fingerprint density at radius 1 is 1.43 bits per heavy atom. The third-order valence-corrected chi connectivity index (χ3v) is 2.27. The van der Waals surface area contributed by atoms with Gasteiger partial charge in [0.25, 0.3) is 0 Å². The zero-order valence-electron chi connectivity index (χ0n) is 8.96. The minimum atomic E-state index is 0.366. The predicted molar refractivity (Wildman–Crippen MR) is 59.4 cm³/mol. The normalized spacial score (nSPS) is 9.93. The molecule has 0 amide bonds. The van der Waals surface area contributed by atoms with Gasteiger partial charge in [0.05, 0.1) is 6.07 Å². The summed E-state index contributed by atoms with van der Waals surface area (Å²) in [6, 6.07) is 8.33. The molecule has 1 aromatic rings. The third kappa shape index (κ3) is 2.26. The molecule has 0 fully saturated rings. The zero-order chi connectivity index (χ0) is 10.6. The summed E-state index contributed by atoms with van der Waals surface area (Å²) in [6.45, 7) is 6.74. The second-order valence-corrected chi connectivity index (χ2v) is 3.71. The van der Waals surface area contributed by atoms with E-state index >= 15 is 0 Å². The minimum absolute atomic E-state index is 0.366. The van der Waals surface area contributed by atoms with Crippen LogP contribution in [0.5, 0.6) is 0 Å². The van der Waals surface area contributed by atoms with Crippen LogP contribution in [-0.2, 0) is 0 Å². The van der Waals surface area contributed by atoms with Crippen LogP contribution in [0, 0.1) is 18.3 Å². The average molecular weight is 188 g/mol. The third-order valence-electron chi connectivity index (χ3n) is 2.27. The molecule has 0 heterocycles. The van der Waals surface area contributed by atoms with Crippen LogP contribution >= 0.6 is 0 Å². The zero-order valence-corrected chi connectivity index (χ0v) is 8.96. The summed E-state index contributed by atoms with van der Waals surface area (Å²) in [4.78, 5) is 0. The first-order valence-electron chi connectivity index (χ1n) is 4.87. The molecule has 1 N–H and O–H groups in total. The number of nitrogens with one attached hydrogen (secondary N) is 1. The van der Waals surface area contributed by atoms with E-state index in [0.717, 1.165) is 5.69 Å². The summed E-state index contributed by atoms with van der Waals surface area (Å²) < 4.78 is 0. The lowest BCUT2D eigenvalue weighted by molar-refractivity contribution is 0.865. The number of nitrogens with zero attached hydrogens (tertiary/aromatic N) is 1. The molecule has 0 spiro atoms. The highest BCUT2D eigenvalue weighted by atomic mass is 14.9. The summed E-state index contributed by atoms with van der Waals surface area (Å²) >= 11 is 0. The van der Waals surface area contributed by atoms with Crippen molar-refractivity contribution in [2.24, 2.45) is 0 Å². The maximum Gasteiger partial charge on any atom is 0.103 e. The van der Waals surface area contributed by atoms with Gasteiger partial charge in [-0.2, -0.15) is 5.26 Å². The molecule has 14 heavy (non-hydrogen) atoms. The first kappa shape index (κ1) is 10.6. The van der Waals surface area contributed by atoms with Crippen molar-refractivity contribution in [2.75, 3.05) is 11.9 Å². The van der Waals surface area contributed by atoms with E-state index in [4.69, 9.17) is 5.26 Å². The second-order valence-electron chi connectivity index (χ2n) is 3.71. The van der Waals surface area contributed by atoms with Crippen LogP contribution in [0.2, 0.25) is 0 Å². The quantitative estimate of drug-likeness (QED) is 0.740. The fourth-order valence-corrected chi connectivity index (χ4v) is 1.54. The molecule has 0 bridgehead atoms. The smallest absolute Gasteiger partial charge is 0.103 e. The number of hydrogen-bond donors (Lipinski definition) is 1. The molecular weight excluding hydrogens is 172 g/mol. The van der Waals surface area contributed by atoms with E-state index in [1.165, 1.54) is 11.1 Å². The summed E-state index contributed by atoms with van der Waals surface area (Å²) in [5, 5.41) is 11.7. The molecular formula is C12H16N2. The Morgan fingerprint density at radius 2 is 2.14 bits per heavy atom. The van der Waals surface area contributed by atoms with Gasteiger partial charge in [0.15, 0.2) is 0 Å². The van der Waals surface area contributed by atoms with Gasteiger partial charge in [-0.15, -0.1) is 0 Å². The van der Waals surface area contributed by atoms with Gasteiger partial charge in [0.2, 0.25) is 0 Å². The number of benzene rings is 1. The van der Waals surface area contributed by atoms with E-state index in [2.05, 4.69) is 50.4 Å². The van der Waals surface area contributed by atoms with Gasteiger partial charge < -0.3 is 5.32 Å². The van der Waals surface area contributed by atoms with Crippen molar-refractivity contribution in [2.45, 2.75) is 26.7 Å². The van der Waals surface area contributed by atoms with Crippen molar-refractivity contribution >= 4 is 5.69 Å². The first-order valence-corrected chi connectivity index (χ1v) is 4.87. The molecule has 0 saturated heterocycles. The van der Waals surface area contributed by atoms with Crippen molar-refractivity contribution in [3.8, 4) is 6.07 Å². The average Bonchev–Trinajstić information content (AvgIpc) is 2.15. The number of anilines is 1. The molecule has 0 aromatic heterocycles. The monoisotopic (exact) mass is 188 g/mol. The van der Waals surface area contributed by atoms with Crippen molar-refractivity contribution in [1.29, 1.82) is 5.26 Å². The number of aryl methyl sites for hydroxylation is 1. The van der Waals surface area contributed by atoms with Gasteiger partial charge in [0.1, 0.15) is 6.54 Å². The molecule has 0 aliphatic heterocycles. The SMILES string of the molecule is Cc1cccc(C(C)C)c1NCC#N.